The summed E-state index contributed by atoms with van der Waals surface area (Å²) in [6.07, 6.45) is 4.95. The van der Waals surface area contributed by atoms with Gasteiger partial charge in [-0.3, -0.25) is 4.79 Å². The Morgan fingerprint density at radius 3 is 3.03 bits per heavy atom. The van der Waals surface area contributed by atoms with E-state index < -0.39 is 0 Å². The molecule has 168 valence electrons. The zero-order valence-corrected chi connectivity index (χ0v) is 19.4. The molecule has 1 aliphatic carbocycles. The van der Waals surface area contributed by atoms with E-state index in [1.165, 1.54) is 28.0 Å². The number of esters is 1. The Labute approximate surface area is 189 Å². The predicted molar refractivity (Wildman–Crippen MR) is 118 cm³/mol. The average molecular weight is 466 g/mol. The lowest BCUT2D eigenvalue weighted by molar-refractivity contribution is -0.113. The van der Waals surface area contributed by atoms with Crippen molar-refractivity contribution in [1.29, 1.82) is 0 Å². The molecule has 4 rings (SSSR count). The molecule has 1 fully saturated rings. The van der Waals surface area contributed by atoms with Crippen molar-refractivity contribution in [1.82, 2.24) is 20.2 Å². The number of nitrogens with one attached hydrogen (secondary N) is 1. The molecule has 0 spiro atoms. The van der Waals surface area contributed by atoms with Crippen LogP contribution >= 0.6 is 23.1 Å². The Bertz CT molecular complexity index is 938. The van der Waals surface area contributed by atoms with Crippen molar-refractivity contribution in [3.05, 3.63) is 16.0 Å². The summed E-state index contributed by atoms with van der Waals surface area (Å²) in [7, 11) is 0. The Kier molecular flexibility index (Phi) is 7.24. The van der Waals surface area contributed by atoms with Gasteiger partial charge in [-0.15, -0.1) is 16.4 Å². The van der Waals surface area contributed by atoms with Gasteiger partial charge in [-0.2, -0.15) is 0 Å². The molecule has 1 N–H and O–H groups in total. The van der Waals surface area contributed by atoms with Gasteiger partial charge in [-0.05, 0) is 60.9 Å². The molecule has 1 saturated heterocycles. The molecule has 0 bridgehead atoms. The van der Waals surface area contributed by atoms with Crippen LogP contribution in [0.15, 0.2) is 5.16 Å². The summed E-state index contributed by atoms with van der Waals surface area (Å²) in [5.74, 6) is 0.155. The Morgan fingerprint density at radius 1 is 1.39 bits per heavy atom. The molecule has 0 unspecified atom stereocenters. The third-order valence-corrected chi connectivity index (χ3v) is 7.60. The number of nitrogens with zero attached hydrogens (tertiary/aromatic N) is 4. The van der Waals surface area contributed by atoms with Crippen LogP contribution in [-0.4, -0.2) is 57.2 Å². The van der Waals surface area contributed by atoms with E-state index in [1.807, 2.05) is 0 Å². The van der Waals surface area contributed by atoms with Gasteiger partial charge in [0.25, 0.3) is 0 Å². The lowest BCUT2D eigenvalue weighted by Crippen LogP contribution is -2.19. The second kappa shape index (κ2) is 10.1. The number of rotatable bonds is 8. The van der Waals surface area contributed by atoms with Gasteiger partial charge in [0.1, 0.15) is 5.00 Å². The lowest BCUT2D eigenvalue weighted by Gasteiger charge is -2.18. The second-order valence-corrected chi connectivity index (χ2v) is 9.94. The van der Waals surface area contributed by atoms with E-state index in [1.54, 1.807) is 11.6 Å². The van der Waals surface area contributed by atoms with Crippen LogP contribution in [0.3, 0.4) is 0 Å². The van der Waals surface area contributed by atoms with Crippen molar-refractivity contribution >= 4 is 40.0 Å². The molecule has 31 heavy (non-hydrogen) atoms. The standard InChI is InChI=1S/C20H27N5O4S2/c1-3-28-19(27)17-14-7-6-12(2)9-15(14)31-18(17)21-16(26)11-30-20-22-23-24-25(20)10-13-5-4-8-29-13/h12-13H,3-11H2,1-2H3,(H,21,26)/t12-,13+/m0/s1. The van der Waals surface area contributed by atoms with E-state index in [-0.39, 0.29) is 23.7 Å². The van der Waals surface area contributed by atoms with Crippen LogP contribution in [0.25, 0.3) is 0 Å². The number of hydrogen-bond acceptors (Lipinski definition) is 9. The molecule has 0 radical (unpaired) electrons. The van der Waals surface area contributed by atoms with Crippen molar-refractivity contribution in [3.63, 3.8) is 0 Å². The van der Waals surface area contributed by atoms with Crippen molar-refractivity contribution in [2.75, 3.05) is 24.3 Å². The van der Waals surface area contributed by atoms with Crippen LogP contribution in [0.4, 0.5) is 5.00 Å². The normalized spacial score (nSPS) is 20.5. The highest BCUT2D eigenvalue weighted by atomic mass is 32.2. The number of carbonyl (C=O) groups excluding carboxylic acids is 2. The maximum atomic E-state index is 12.7. The smallest absolute Gasteiger partial charge is 0.341 e. The number of hydrogen-bond donors (Lipinski definition) is 1. The summed E-state index contributed by atoms with van der Waals surface area (Å²) < 4.78 is 12.6. The third-order valence-electron chi connectivity index (χ3n) is 5.48. The van der Waals surface area contributed by atoms with Crippen LogP contribution in [0.2, 0.25) is 0 Å². The number of aromatic nitrogens is 4. The molecule has 2 aliphatic rings. The van der Waals surface area contributed by atoms with Crippen molar-refractivity contribution in [2.24, 2.45) is 5.92 Å². The predicted octanol–water partition coefficient (Wildman–Crippen LogP) is 2.95. The van der Waals surface area contributed by atoms with E-state index in [4.69, 9.17) is 9.47 Å². The van der Waals surface area contributed by atoms with Crippen LogP contribution in [-0.2, 0) is 33.7 Å². The fourth-order valence-electron chi connectivity index (χ4n) is 3.95. The van der Waals surface area contributed by atoms with E-state index in [0.29, 0.717) is 34.8 Å². The molecule has 2 atom stereocenters. The first-order chi connectivity index (χ1) is 15.0. The third kappa shape index (κ3) is 5.27. The number of thiophene rings is 1. The first kappa shape index (κ1) is 22.2. The highest BCUT2D eigenvalue weighted by Crippen LogP contribution is 2.40. The van der Waals surface area contributed by atoms with Gasteiger partial charge in [-0.1, -0.05) is 18.7 Å². The Balaban J connectivity index is 1.42. The number of fused-ring (bicyclic) bond motifs is 1. The highest BCUT2D eigenvalue weighted by Gasteiger charge is 2.29. The molecule has 1 aliphatic heterocycles. The van der Waals surface area contributed by atoms with E-state index >= 15 is 0 Å². The zero-order valence-electron chi connectivity index (χ0n) is 17.8. The highest BCUT2D eigenvalue weighted by molar-refractivity contribution is 7.99. The molecular weight excluding hydrogens is 438 g/mol. The van der Waals surface area contributed by atoms with E-state index in [2.05, 4.69) is 27.8 Å². The van der Waals surface area contributed by atoms with Gasteiger partial charge in [0.2, 0.25) is 11.1 Å². The van der Waals surface area contributed by atoms with Gasteiger partial charge in [-0.25, -0.2) is 9.48 Å². The minimum absolute atomic E-state index is 0.114. The molecule has 2 aromatic heterocycles. The summed E-state index contributed by atoms with van der Waals surface area (Å²) >= 11 is 2.76. The van der Waals surface area contributed by atoms with Gasteiger partial charge in [0, 0.05) is 11.5 Å². The first-order valence-corrected chi connectivity index (χ1v) is 12.5. The average Bonchev–Trinajstić information content (AvgIpc) is 3.47. The Hall–Kier alpha value is -1.98. The zero-order chi connectivity index (χ0) is 21.8. The number of tetrazole rings is 1. The number of anilines is 1. The molecule has 3 heterocycles. The summed E-state index contributed by atoms with van der Waals surface area (Å²) in [5.41, 5.74) is 1.56. The van der Waals surface area contributed by atoms with Gasteiger partial charge >= 0.3 is 5.97 Å². The molecule has 11 heteroatoms. The van der Waals surface area contributed by atoms with Crippen LogP contribution in [0, 0.1) is 5.92 Å². The quantitative estimate of drug-likeness (QED) is 0.468. The minimum Gasteiger partial charge on any atom is -0.462 e. The maximum absolute atomic E-state index is 12.7. The van der Waals surface area contributed by atoms with Gasteiger partial charge < -0.3 is 14.8 Å². The molecule has 9 nitrogen and oxygen atoms in total. The first-order valence-electron chi connectivity index (χ1n) is 10.7. The largest absolute Gasteiger partial charge is 0.462 e. The minimum atomic E-state index is -0.363. The summed E-state index contributed by atoms with van der Waals surface area (Å²) in [6, 6.07) is 0. The van der Waals surface area contributed by atoms with E-state index in [9.17, 15) is 9.59 Å². The van der Waals surface area contributed by atoms with Crippen molar-refractivity contribution in [3.8, 4) is 0 Å². The number of ether oxygens (including phenoxy) is 2. The van der Waals surface area contributed by atoms with Crippen molar-refractivity contribution in [2.45, 2.75) is 63.8 Å². The number of carbonyl (C=O) groups is 2. The summed E-state index contributed by atoms with van der Waals surface area (Å²) in [6.45, 7) is 5.65. The molecule has 0 saturated carbocycles. The topological polar surface area (TPSA) is 108 Å². The van der Waals surface area contributed by atoms with Crippen molar-refractivity contribution < 1.29 is 19.1 Å². The maximum Gasteiger partial charge on any atom is 0.341 e. The fourth-order valence-corrected chi connectivity index (χ4v) is 6.05. The number of amides is 1. The lowest BCUT2D eigenvalue weighted by atomic mass is 9.88. The fraction of sp³-hybridized carbons (Fsp3) is 0.650. The molecular formula is C20H27N5O4S2. The van der Waals surface area contributed by atoms with Crippen LogP contribution in [0.5, 0.6) is 0 Å². The second-order valence-electron chi connectivity index (χ2n) is 7.89. The van der Waals surface area contributed by atoms with Crippen LogP contribution < -0.4 is 5.32 Å². The number of thioether (sulfide) groups is 1. The van der Waals surface area contributed by atoms with E-state index in [0.717, 1.165) is 44.3 Å². The SMILES string of the molecule is CCOC(=O)c1c(NC(=O)CSc2nnnn2C[C@H]2CCCO2)sc2c1CC[C@H](C)C2. The summed E-state index contributed by atoms with van der Waals surface area (Å²) in [4.78, 5) is 26.5. The molecule has 0 aromatic carbocycles. The monoisotopic (exact) mass is 465 g/mol. The molecule has 2 aromatic rings. The molecule has 1 amide bonds. The van der Waals surface area contributed by atoms with Crippen LogP contribution in [0.1, 0.15) is 53.9 Å². The Morgan fingerprint density at radius 2 is 2.26 bits per heavy atom. The van der Waals surface area contributed by atoms with Gasteiger partial charge in [0.05, 0.1) is 30.6 Å². The summed E-state index contributed by atoms with van der Waals surface area (Å²) in [5, 5.41) is 15.9. The van der Waals surface area contributed by atoms with Gasteiger partial charge in [0.15, 0.2) is 0 Å².